The van der Waals surface area contributed by atoms with Crippen LogP contribution in [0.2, 0.25) is 0 Å². The van der Waals surface area contributed by atoms with E-state index in [1.807, 2.05) is 0 Å². The third-order valence-electron chi connectivity index (χ3n) is 8.08. The number of rotatable bonds is 19. The van der Waals surface area contributed by atoms with Crippen molar-refractivity contribution in [2.75, 3.05) is 13.7 Å². The number of methoxy groups -OCH3 is 1. The molecule has 0 unspecified atom stereocenters. The molecule has 1 heterocycles. The molecule has 228 valence electrons. The van der Waals surface area contributed by atoms with E-state index in [1.54, 1.807) is 36.3 Å². The molecular weight excluding hydrogens is 532 g/mol. The lowest BCUT2D eigenvalue weighted by Gasteiger charge is -2.25. The number of nitrogens with zero attached hydrogens (tertiary/aromatic N) is 2. The number of non-ortho nitro benzene ring substituents is 1. The van der Waals surface area contributed by atoms with Crippen molar-refractivity contribution in [3.63, 3.8) is 0 Å². The Hall–Kier alpha value is -3.68. The highest BCUT2D eigenvalue weighted by molar-refractivity contribution is 6.46. The Balaban J connectivity index is 1.59. The summed E-state index contributed by atoms with van der Waals surface area (Å²) in [6.07, 6.45) is 17.2. The highest BCUT2D eigenvalue weighted by Crippen LogP contribution is 2.40. The first-order valence-corrected chi connectivity index (χ1v) is 15.6. The minimum absolute atomic E-state index is 0.00983. The van der Waals surface area contributed by atoms with Crippen molar-refractivity contribution in [1.29, 1.82) is 0 Å². The fourth-order valence-electron chi connectivity index (χ4n) is 5.62. The topological polar surface area (TPSA) is 110 Å². The number of benzene rings is 2. The molecule has 0 bridgehead atoms. The zero-order chi connectivity index (χ0) is 30.3. The number of aliphatic hydroxyl groups excluding tert-OH is 1. The summed E-state index contributed by atoms with van der Waals surface area (Å²) in [4.78, 5) is 38.5. The highest BCUT2D eigenvalue weighted by Gasteiger charge is 2.45. The summed E-state index contributed by atoms with van der Waals surface area (Å²) in [5.41, 5.74) is 0.790. The van der Waals surface area contributed by atoms with E-state index < -0.39 is 22.7 Å². The lowest BCUT2D eigenvalue weighted by atomic mass is 9.95. The van der Waals surface area contributed by atoms with Gasteiger partial charge in [-0.05, 0) is 36.2 Å². The monoisotopic (exact) mass is 578 g/mol. The molecule has 1 atom stereocenters. The standard InChI is InChI=1S/C34H46N2O6/c1-3-4-5-6-7-8-9-10-11-12-13-14-15-16-25-35-31(26-19-23-29(42-2)24-20-26)30(33(38)34(35)39)32(37)27-17-21-28(22-18-27)36(40)41/h17-24,31,37H,3-16,25H2,1-2H3/t31-/m1/s1. The average Bonchev–Trinajstić information content (AvgIpc) is 3.26. The molecule has 0 aromatic heterocycles. The van der Waals surface area contributed by atoms with Crippen LogP contribution in [0.5, 0.6) is 5.75 Å². The van der Waals surface area contributed by atoms with Crippen molar-refractivity contribution in [3.05, 3.63) is 75.3 Å². The number of ketones is 1. The molecule has 0 saturated carbocycles. The van der Waals surface area contributed by atoms with Gasteiger partial charge in [-0.15, -0.1) is 0 Å². The van der Waals surface area contributed by atoms with Crippen LogP contribution < -0.4 is 4.74 Å². The van der Waals surface area contributed by atoms with Crippen molar-refractivity contribution in [2.45, 2.75) is 103 Å². The summed E-state index contributed by atoms with van der Waals surface area (Å²) >= 11 is 0. The molecule has 1 N–H and O–H groups in total. The van der Waals surface area contributed by atoms with Crippen molar-refractivity contribution in [2.24, 2.45) is 0 Å². The molecule has 1 fully saturated rings. The highest BCUT2D eigenvalue weighted by atomic mass is 16.6. The van der Waals surface area contributed by atoms with Gasteiger partial charge < -0.3 is 14.7 Å². The van der Waals surface area contributed by atoms with Gasteiger partial charge in [0.2, 0.25) is 0 Å². The molecule has 8 nitrogen and oxygen atoms in total. The number of hydrogen-bond acceptors (Lipinski definition) is 6. The molecular formula is C34H46N2O6. The first-order chi connectivity index (χ1) is 20.4. The summed E-state index contributed by atoms with van der Waals surface area (Å²) in [7, 11) is 1.56. The minimum atomic E-state index is -0.756. The molecule has 42 heavy (non-hydrogen) atoms. The maximum atomic E-state index is 13.2. The number of nitro benzene ring substituents is 1. The van der Waals surface area contributed by atoms with Crippen molar-refractivity contribution >= 4 is 23.1 Å². The molecule has 1 aliphatic heterocycles. The first kappa shape index (κ1) is 32.8. The average molecular weight is 579 g/mol. The number of unbranched alkanes of at least 4 members (excludes halogenated alkanes) is 13. The van der Waals surface area contributed by atoms with Crippen LogP contribution in [-0.4, -0.2) is 40.3 Å². The zero-order valence-electron chi connectivity index (χ0n) is 25.2. The van der Waals surface area contributed by atoms with Crippen LogP contribution in [-0.2, 0) is 9.59 Å². The molecule has 1 aliphatic rings. The molecule has 0 radical (unpaired) electrons. The van der Waals surface area contributed by atoms with Crippen LogP contribution in [0.25, 0.3) is 5.76 Å². The van der Waals surface area contributed by atoms with Crippen molar-refractivity contribution < 1.29 is 24.4 Å². The maximum absolute atomic E-state index is 13.2. The van der Waals surface area contributed by atoms with Gasteiger partial charge in [0.05, 0.1) is 23.6 Å². The van der Waals surface area contributed by atoms with Gasteiger partial charge in [0.25, 0.3) is 17.4 Å². The predicted octanol–water partition coefficient (Wildman–Crippen LogP) is 8.51. The smallest absolute Gasteiger partial charge is 0.295 e. The Morgan fingerprint density at radius 2 is 1.31 bits per heavy atom. The molecule has 8 heteroatoms. The number of hydrogen-bond donors (Lipinski definition) is 1. The number of ether oxygens (including phenoxy) is 1. The lowest BCUT2D eigenvalue weighted by Crippen LogP contribution is -2.30. The van der Waals surface area contributed by atoms with Crippen LogP contribution >= 0.6 is 0 Å². The van der Waals surface area contributed by atoms with Crippen LogP contribution in [0.15, 0.2) is 54.1 Å². The number of Topliss-reactive ketones (excluding diaryl/α,β-unsaturated/α-hetero) is 1. The van der Waals surface area contributed by atoms with E-state index >= 15 is 0 Å². The number of carbonyl (C=O) groups is 2. The summed E-state index contributed by atoms with van der Waals surface area (Å²) in [5, 5.41) is 22.2. The van der Waals surface area contributed by atoms with Gasteiger partial charge in [-0.2, -0.15) is 0 Å². The summed E-state index contributed by atoms with van der Waals surface area (Å²) in [6.45, 7) is 2.65. The third-order valence-corrected chi connectivity index (χ3v) is 8.08. The number of likely N-dealkylation sites (tertiary alicyclic amines) is 1. The van der Waals surface area contributed by atoms with Gasteiger partial charge in [-0.25, -0.2) is 0 Å². The van der Waals surface area contributed by atoms with Crippen molar-refractivity contribution in [1.82, 2.24) is 4.90 Å². The van der Waals surface area contributed by atoms with E-state index in [1.165, 1.54) is 88.5 Å². The van der Waals surface area contributed by atoms with E-state index in [0.29, 0.717) is 17.9 Å². The molecule has 1 saturated heterocycles. The minimum Gasteiger partial charge on any atom is -0.507 e. The van der Waals surface area contributed by atoms with Gasteiger partial charge in [0, 0.05) is 24.2 Å². The predicted molar refractivity (Wildman–Crippen MR) is 165 cm³/mol. The Kier molecular flexibility index (Phi) is 13.5. The van der Waals surface area contributed by atoms with Gasteiger partial charge in [-0.1, -0.05) is 103 Å². The second-order valence-electron chi connectivity index (χ2n) is 11.2. The van der Waals surface area contributed by atoms with E-state index in [4.69, 9.17) is 4.74 Å². The zero-order valence-corrected chi connectivity index (χ0v) is 25.2. The second kappa shape index (κ2) is 17.3. The molecule has 0 aliphatic carbocycles. The SMILES string of the molecule is CCCCCCCCCCCCCCCCN1C(=O)C(=O)C(=C(O)c2ccc([N+](=O)[O-])cc2)[C@H]1c1ccc(OC)cc1. The van der Waals surface area contributed by atoms with Gasteiger partial charge >= 0.3 is 0 Å². The third kappa shape index (κ3) is 9.16. The Morgan fingerprint density at radius 1 is 0.810 bits per heavy atom. The van der Waals surface area contributed by atoms with Crippen LogP contribution in [0.4, 0.5) is 5.69 Å². The Labute approximate surface area is 249 Å². The van der Waals surface area contributed by atoms with Crippen LogP contribution in [0, 0.1) is 10.1 Å². The van der Waals surface area contributed by atoms with Crippen molar-refractivity contribution in [3.8, 4) is 5.75 Å². The molecule has 3 rings (SSSR count). The largest absolute Gasteiger partial charge is 0.507 e. The summed E-state index contributed by atoms with van der Waals surface area (Å²) in [5.74, 6) is -1.10. The van der Waals surface area contributed by atoms with Gasteiger partial charge in [0.1, 0.15) is 11.5 Å². The molecule has 0 spiro atoms. The lowest BCUT2D eigenvalue weighted by molar-refractivity contribution is -0.384. The fraction of sp³-hybridized carbons (Fsp3) is 0.529. The number of carbonyl (C=O) groups excluding carboxylic acids is 2. The van der Waals surface area contributed by atoms with Crippen LogP contribution in [0.1, 0.15) is 114 Å². The molecule has 1 amide bonds. The number of amides is 1. The van der Waals surface area contributed by atoms with Gasteiger partial charge in [0.15, 0.2) is 0 Å². The fourth-order valence-corrected chi connectivity index (χ4v) is 5.62. The second-order valence-corrected chi connectivity index (χ2v) is 11.2. The normalized spacial score (nSPS) is 16.2. The Bertz CT molecular complexity index is 1190. The molecule has 2 aromatic carbocycles. The molecule has 2 aromatic rings. The van der Waals surface area contributed by atoms with E-state index in [0.717, 1.165) is 25.7 Å². The summed E-state index contributed by atoms with van der Waals surface area (Å²) < 4.78 is 5.27. The number of aliphatic hydroxyl groups is 1. The van der Waals surface area contributed by atoms with Crippen LogP contribution in [0.3, 0.4) is 0 Å². The van der Waals surface area contributed by atoms with E-state index in [-0.39, 0.29) is 22.6 Å². The summed E-state index contributed by atoms with van der Waals surface area (Å²) in [6, 6.07) is 11.6. The van der Waals surface area contributed by atoms with E-state index in [2.05, 4.69) is 6.92 Å². The van der Waals surface area contributed by atoms with Gasteiger partial charge in [-0.3, -0.25) is 19.7 Å². The maximum Gasteiger partial charge on any atom is 0.295 e. The van der Waals surface area contributed by atoms with E-state index in [9.17, 15) is 24.8 Å². The Morgan fingerprint density at radius 3 is 1.79 bits per heavy atom. The number of nitro groups is 1. The quantitative estimate of drug-likeness (QED) is 0.0447. The first-order valence-electron chi connectivity index (χ1n) is 15.6.